The van der Waals surface area contributed by atoms with E-state index in [1.54, 1.807) is 14.2 Å². The third-order valence-electron chi connectivity index (χ3n) is 4.96. The van der Waals surface area contributed by atoms with Crippen molar-refractivity contribution < 1.29 is 14.6 Å². The van der Waals surface area contributed by atoms with Gasteiger partial charge in [0.15, 0.2) is 0 Å². The molecule has 0 atom stereocenters. The summed E-state index contributed by atoms with van der Waals surface area (Å²) in [5, 5.41) is 13.5. The minimum Gasteiger partial charge on any atom is -0.497 e. The lowest BCUT2D eigenvalue weighted by Crippen LogP contribution is -2.33. The molecule has 2 heterocycles. The van der Waals surface area contributed by atoms with E-state index in [1.807, 2.05) is 23.0 Å². The van der Waals surface area contributed by atoms with Crippen LogP contribution in [0.2, 0.25) is 0 Å². The first-order chi connectivity index (χ1) is 12.2. The van der Waals surface area contributed by atoms with Crippen molar-refractivity contribution in [3.63, 3.8) is 0 Å². The van der Waals surface area contributed by atoms with E-state index >= 15 is 0 Å². The molecule has 1 aromatic heterocycles. The number of hydrogen-bond donors (Lipinski definition) is 1. The topological polar surface area (TPSA) is 59.8 Å². The van der Waals surface area contributed by atoms with Crippen LogP contribution in [0.3, 0.4) is 0 Å². The summed E-state index contributed by atoms with van der Waals surface area (Å²) in [5.74, 6) is 2.21. The summed E-state index contributed by atoms with van der Waals surface area (Å²) in [6, 6.07) is 8.09. The number of ether oxygens (including phenoxy) is 2. The minimum absolute atomic E-state index is 0.130. The largest absolute Gasteiger partial charge is 0.497 e. The summed E-state index contributed by atoms with van der Waals surface area (Å²) >= 11 is 0. The van der Waals surface area contributed by atoms with Crippen LogP contribution in [-0.2, 0) is 13.1 Å². The first-order valence-corrected chi connectivity index (χ1v) is 8.81. The highest BCUT2D eigenvalue weighted by molar-refractivity contribution is 5.40. The van der Waals surface area contributed by atoms with Gasteiger partial charge in [0.2, 0.25) is 0 Å². The molecule has 1 aliphatic rings. The molecule has 0 unspecified atom stereocenters. The molecule has 1 N–H and O–H groups in total. The Morgan fingerprint density at radius 2 is 1.96 bits per heavy atom. The Hall–Kier alpha value is -2.05. The fourth-order valence-corrected chi connectivity index (χ4v) is 3.58. The molecular weight excluding hydrogens is 318 g/mol. The van der Waals surface area contributed by atoms with Gasteiger partial charge in [0.05, 0.1) is 27.4 Å². The van der Waals surface area contributed by atoms with Gasteiger partial charge in [-0.2, -0.15) is 5.10 Å². The fourth-order valence-electron chi connectivity index (χ4n) is 3.58. The van der Waals surface area contributed by atoms with Gasteiger partial charge in [0.25, 0.3) is 0 Å². The molecule has 0 saturated carbocycles. The molecule has 25 heavy (non-hydrogen) atoms. The molecule has 1 fully saturated rings. The van der Waals surface area contributed by atoms with E-state index in [4.69, 9.17) is 14.6 Å². The third kappa shape index (κ3) is 4.14. The van der Waals surface area contributed by atoms with E-state index in [1.165, 1.54) is 11.3 Å². The number of rotatable bonds is 7. The molecule has 0 amide bonds. The second kappa shape index (κ2) is 8.36. The van der Waals surface area contributed by atoms with Crippen molar-refractivity contribution in [3.05, 3.63) is 41.7 Å². The summed E-state index contributed by atoms with van der Waals surface area (Å²) in [6.45, 7) is 3.68. The number of aliphatic hydroxyl groups excluding tert-OH is 1. The number of piperidine rings is 1. The molecule has 1 aliphatic heterocycles. The van der Waals surface area contributed by atoms with E-state index in [0.717, 1.165) is 44.0 Å². The van der Waals surface area contributed by atoms with Crippen LogP contribution in [0, 0.1) is 0 Å². The van der Waals surface area contributed by atoms with E-state index in [0.29, 0.717) is 12.5 Å². The van der Waals surface area contributed by atoms with Crippen molar-refractivity contribution in [3.8, 4) is 11.5 Å². The third-order valence-corrected chi connectivity index (χ3v) is 4.96. The van der Waals surface area contributed by atoms with Crippen molar-refractivity contribution in [1.82, 2.24) is 14.7 Å². The molecule has 3 rings (SSSR count). The van der Waals surface area contributed by atoms with Crippen molar-refractivity contribution in [1.29, 1.82) is 0 Å². The fraction of sp³-hybridized carbons (Fsp3) is 0.526. The number of likely N-dealkylation sites (tertiary alicyclic amines) is 1. The van der Waals surface area contributed by atoms with Gasteiger partial charge in [-0.15, -0.1) is 0 Å². The summed E-state index contributed by atoms with van der Waals surface area (Å²) in [7, 11) is 3.37. The first kappa shape index (κ1) is 17.8. The number of nitrogens with zero attached hydrogens (tertiary/aromatic N) is 3. The van der Waals surface area contributed by atoms with Crippen LogP contribution in [-0.4, -0.2) is 53.7 Å². The minimum atomic E-state index is 0.130. The SMILES string of the molecule is COc1ccc(CN2CCC(c3ccnn3CCO)CC2)c(OC)c1. The van der Waals surface area contributed by atoms with Crippen molar-refractivity contribution in [2.24, 2.45) is 0 Å². The lowest BCUT2D eigenvalue weighted by molar-refractivity contribution is 0.196. The summed E-state index contributed by atoms with van der Waals surface area (Å²) < 4.78 is 12.7. The average Bonchev–Trinajstić information content (AvgIpc) is 3.11. The second-order valence-corrected chi connectivity index (χ2v) is 6.43. The maximum Gasteiger partial charge on any atom is 0.127 e. The van der Waals surface area contributed by atoms with Gasteiger partial charge in [0, 0.05) is 36.0 Å². The van der Waals surface area contributed by atoms with Crippen LogP contribution in [0.5, 0.6) is 11.5 Å². The zero-order chi connectivity index (χ0) is 17.6. The lowest BCUT2D eigenvalue weighted by atomic mass is 9.93. The Kier molecular flexibility index (Phi) is 5.94. The summed E-state index contributed by atoms with van der Waals surface area (Å²) in [6.07, 6.45) is 4.05. The molecule has 0 bridgehead atoms. The van der Waals surface area contributed by atoms with Crippen LogP contribution in [0.15, 0.2) is 30.5 Å². The average molecular weight is 345 g/mol. The first-order valence-electron chi connectivity index (χ1n) is 8.81. The lowest BCUT2D eigenvalue weighted by Gasteiger charge is -2.32. The molecule has 136 valence electrons. The van der Waals surface area contributed by atoms with Crippen LogP contribution in [0.1, 0.15) is 30.0 Å². The maximum absolute atomic E-state index is 9.16. The van der Waals surface area contributed by atoms with Crippen molar-refractivity contribution >= 4 is 0 Å². The zero-order valence-electron chi connectivity index (χ0n) is 15.0. The maximum atomic E-state index is 9.16. The van der Waals surface area contributed by atoms with Gasteiger partial charge < -0.3 is 14.6 Å². The molecule has 2 aromatic rings. The number of benzene rings is 1. The molecule has 1 aromatic carbocycles. The van der Waals surface area contributed by atoms with E-state index < -0.39 is 0 Å². The Labute approximate surface area is 149 Å². The standard InChI is InChI=1S/C19H27N3O3/c1-24-17-4-3-16(19(13-17)25-2)14-21-9-6-15(7-10-21)18-5-8-20-22(18)11-12-23/h3-5,8,13,15,23H,6-7,9-12,14H2,1-2H3. The van der Waals surface area contributed by atoms with Gasteiger partial charge in [0.1, 0.15) is 11.5 Å². The van der Waals surface area contributed by atoms with Crippen LogP contribution < -0.4 is 9.47 Å². The quantitative estimate of drug-likeness (QED) is 0.834. The van der Waals surface area contributed by atoms with Crippen LogP contribution in [0.4, 0.5) is 0 Å². The molecule has 1 saturated heterocycles. The van der Waals surface area contributed by atoms with E-state index in [-0.39, 0.29) is 6.61 Å². The molecular formula is C19H27N3O3. The zero-order valence-corrected chi connectivity index (χ0v) is 15.0. The Morgan fingerprint density at radius 3 is 2.64 bits per heavy atom. The van der Waals surface area contributed by atoms with Crippen molar-refractivity contribution in [2.75, 3.05) is 33.9 Å². The van der Waals surface area contributed by atoms with Gasteiger partial charge in [-0.25, -0.2) is 0 Å². The number of aromatic nitrogens is 2. The number of methoxy groups -OCH3 is 2. The Balaban J connectivity index is 1.60. The van der Waals surface area contributed by atoms with Crippen LogP contribution in [0.25, 0.3) is 0 Å². The highest BCUT2D eigenvalue weighted by Crippen LogP contribution is 2.31. The van der Waals surface area contributed by atoms with E-state index in [2.05, 4.69) is 22.1 Å². The summed E-state index contributed by atoms with van der Waals surface area (Å²) in [5.41, 5.74) is 2.43. The Bertz CT molecular complexity index is 678. The van der Waals surface area contributed by atoms with Gasteiger partial charge in [-0.1, -0.05) is 6.07 Å². The van der Waals surface area contributed by atoms with Gasteiger partial charge >= 0.3 is 0 Å². The highest BCUT2D eigenvalue weighted by Gasteiger charge is 2.23. The van der Waals surface area contributed by atoms with Crippen molar-refractivity contribution in [2.45, 2.75) is 31.8 Å². The normalized spacial score (nSPS) is 16.1. The van der Waals surface area contributed by atoms with Gasteiger partial charge in [-0.05, 0) is 38.1 Å². The molecule has 6 heteroatoms. The molecule has 6 nitrogen and oxygen atoms in total. The highest BCUT2D eigenvalue weighted by atomic mass is 16.5. The molecule has 0 radical (unpaired) electrons. The second-order valence-electron chi connectivity index (χ2n) is 6.43. The number of aliphatic hydroxyl groups is 1. The Morgan fingerprint density at radius 1 is 1.16 bits per heavy atom. The van der Waals surface area contributed by atoms with Crippen LogP contribution >= 0.6 is 0 Å². The molecule has 0 spiro atoms. The predicted molar refractivity (Wildman–Crippen MR) is 96.1 cm³/mol. The smallest absolute Gasteiger partial charge is 0.127 e. The van der Waals surface area contributed by atoms with Gasteiger partial charge in [-0.3, -0.25) is 9.58 Å². The van der Waals surface area contributed by atoms with E-state index in [9.17, 15) is 0 Å². The molecule has 0 aliphatic carbocycles. The number of hydrogen-bond acceptors (Lipinski definition) is 5. The monoisotopic (exact) mass is 345 g/mol. The predicted octanol–water partition coefficient (Wildman–Crippen LogP) is 2.27. The summed E-state index contributed by atoms with van der Waals surface area (Å²) in [4.78, 5) is 2.47.